The SMILES string of the molecule is COCOC(CC#CCO[Si](C)(C)C(C)(C)C)COCc1ccc(OC)cc1. The fraction of sp³-hybridized carbons (Fsp3) is 0.636. The Bertz CT molecular complexity index is 611. The zero-order chi connectivity index (χ0) is 21.0. The standard InChI is InChI=1S/C22H36O5Si/c1-22(2,3)28(6,7)27-15-9-8-10-21(26-18-23-4)17-25-16-19-11-13-20(24-5)14-12-19/h11-14,21H,10,15-18H2,1-7H3. The zero-order valence-electron chi connectivity index (χ0n) is 18.5. The van der Waals surface area contributed by atoms with Crippen molar-refractivity contribution < 1.29 is 23.4 Å². The number of rotatable bonds is 11. The molecule has 1 unspecified atom stereocenters. The Morgan fingerprint density at radius 2 is 1.71 bits per heavy atom. The first-order valence-corrected chi connectivity index (χ1v) is 12.5. The van der Waals surface area contributed by atoms with Crippen molar-refractivity contribution in [3.63, 3.8) is 0 Å². The number of ether oxygens (including phenoxy) is 4. The van der Waals surface area contributed by atoms with Crippen molar-refractivity contribution in [3.05, 3.63) is 29.8 Å². The third kappa shape index (κ3) is 9.22. The van der Waals surface area contributed by atoms with Crippen LogP contribution in [0, 0.1) is 11.8 Å². The average Bonchev–Trinajstić information content (AvgIpc) is 2.64. The van der Waals surface area contributed by atoms with Gasteiger partial charge in [0.15, 0.2) is 8.32 Å². The summed E-state index contributed by atoms with van der Waals surface area (Å²) < 4.78 is 27.7. The lowest BCUT2D eigenvalue weighted by molar-refractivity contribution is -0.0966. The Morgan fingerprint density at radius 1 is 1.04 bits per heavy atom. The van der Waals surface area contributed by atoms with Crippen LogP contribution in [0.5, 0.6) is 5.75 Å². The summed E-state index contributed by atoms with van der Waals surface area (Å²) in [5, 5.41) is 0.189. The van der Waals surface area contributed by atoms with Crippen LogP contribution in [0.4, 0.5) is 0 Å². The third-order valence-corrected chi connectivity index (χ3v) is 9.40. The first-order chi connectivity index (χ1) is 13.2. The molecule has 6 heteroatoms. The lowest BCUT2D eigenvalue weighted by Gasteiger charge is -2.35. The van der Waals surface area contributed by atoms with Gasteiger partial charge in [0.05, 0.1) is 33.0 Å². The largest absolute Gasteiger partial charge is 0.497 e. The van der Waals surface area contributed by atoms with Crippen molar-refractivity contribution in [2.45, 2.75) is 58.0 Å². The van der Waals surface area contributed by atoms with Crippen molar-refractivity contribution in [2.24, 2.45) is 0 Å². The molecule has 1 rings (SSSR count). The van der Waals surface area contributed by atoms with E-state index in [4.69, 9.17) is 23.4 Å². The van der Waals surface area contributed by atoms with Gasteiger partial charge in [-0.1, -0.05) is 44.7 Å². The maximum Gasteiger partial charge on any atom is 0.193 e. The molecule has 0 saturated carbocycles. The second-order valence-corrected chi connectivity index (χ2v) is 13.0. The molecule has 0 amide bonds. The fourth-order valence-corrected chi connectivity index (χ4v) is 2.90. The number of hydrogen-bond donors (Lipinski definition) is 0. The number of methoxy groups -OCH3 is 2. The van der Waals surface area contributed by atoms with Crippen molar-refractivity contribution in [1.82, 2.24) is 0 Å². The number of benzene rings is 1. The maximum absolute atomic E-state index is 6.07. The quantitative estimate of drug-likeness (QED) is 0.304. The molecular weight excluding hydrogens is 372 g/mol. The minimum atomic E-state index is -1.76. The second-order valence-electron chi connectivity index (χ2n) is 8.17. The molecule has 0 heterocycles. The van der Waals surface area contributed by atoms with E-state index in [-0.39, 0.29) is 17.9 Å². The topological polar surface area (TPSA) is 46.2 Å². The Balaban J connectivity index is 2.43. The molecule has 0 saturated heterocycles. The molecule has 1 aromatic carbocycles. The van der Waals surface area contributed by atoms with E-state index in [1.165, 1.54) is 0 Å². The van der Waals surface area contributed by atoms with Crippen LogP contribution in [0.2, 0.25) is 18.1 Å². The van der Waals surface area contributed by atoms with E-state index < -0.39 is 8.32 Å². The van der Waals surface area contributed by atoms with Crippen molar-refractivity contribution in [2.75, 3.05) is 34.2 Å². The molecule has 0 radical (unpaired) electrons. The van der Waals surface area contributed by atoms with Crippen LogP contribution < -0.4 is 4.74 Å². The molecular formula is C22H36O5Si. The molecule has 0 fully saturated rings. The van der Waals surface area contributed by atoms with Crippen molar-refractivity contribution >= 4 is 8.32 Å². The van der Waals surface area contributed by atoms with E-state index in [2.05, 4.69) is 45.7 Å². The van der Waals surface area contributed by atoms with Crippen LogP contribution in [0.15, 0.2) is 24.3 Å². The summed E-state index contributed by atoms with van der Waals surface area (Å²) >= 11 is 0. The maximum atomic E-state index is 6.07. The Hall–Kier alpha value is -1.36. The summed E-state index contributed by atoms with van der Waals surface area (Å²) in [4.78, 5) is 0. The first kappa shape index (κ1) is 24.7. The summed E-state index contributed by atoms with van der Waals surface area (Å²) in [5.41, 5.74) is 1.08. The van der Waals surface area contributed by atoms with E-state index in [0.29, 0.717) is 26.2 Å². The molecule has 0 N–H and O–H groups in total. The van der Waals surface area contributed by atoms with Crippen molar-refractivity contribution in [1.29, 1.82) is 0 Å². The van der Waals surface area contributed by atoms with Crippen LogP contribution >= 0.6 is 0 Å². The first-order valence-electron chi connectivity index (χ1n) is 9.60. The highest BCUT2D eigenvalue weighted by molar-refractivity contribution is 6.74. The van der Waals surface area contributed by atoms with Crippen LogP contribution in [-0.4, -0.2) is 48.6 Å². The van der Waals surface area contributed by atoms with E-state index in [9.17, 15) is 0 Å². The zero-order valence-corrected chi connectivity index (χ0v) is 19.5. The summed E-state index contributed by atoms with van der Waals surface area (Å²) in [6, 6.07) is 7.82. The van der Waals surface area contributed by atoms with Gasteiger partial charge >= 0.3 is 0 Å². The molecule has 28 heavy (non-hydrogen) atoms. The third-order valence-electron chi connectivity index (χ3n) is 4.92. The van der Waals surface area contributed by atoms with Crippen molar-refractivity contribution in [3.8, 4) is 17.6 Å². The predicted molar refractivity (Wildman–Crippen MR) is 115 cm³/mol. The smallest absolute Gasteiger partial charge is 0.193 e. The summed E-state index contributed by atoms with van der Waals surface area (Å²) in [6.45, 7) is 12.8. The van der Waals surface area contributed by atoms with Gasteiger partial charge < -0.3 is 23.4 Å². The van der Waals surface area contributed by atoms with Gasteiger partial charge in [-0.2, -0.15) is 0 Å². The van der Waals surface area contributed by atoms with Gasteiger partial charge in [-0.15, -0.1) is 0 Å². The minimum absolute atomic E-state index is 0.140. The van der Waals surface area contributed by atoms with Crippen LogP contribution in [0.25, 0.3) is 0 Å². The fourth-order valence-electron chi connectivity index (χ4n) is 2.03. The highest BCUT2D eigenvalue weighted by atomic mass is 28.4. The predicted octanol–water partition coefficient (Wildman–Crippen LogP) is 4.62. The molecule has 0 bridgehead atoms. The normalized spacial score (nSPS) is 13.0. The van der Waals surface area contributed by atoms with Gasteiger partial charge in [0.25, 0.3) is 0 Å². The molecule has 0 aromatic heterocycles. The average molecular weight is 409 g/mol. The van der Waals surface area contributed by atoms with Crippen LogP contribution in [0.1, 0.15) is 32.8 Å². The van der Waals surface area contributed by atoms with Crippen LogP contribution in [-0.2, 0) is 25.2 Å². The molecule has 0 aliphatic heterocycles. The molecule has 5 nitrogen and oxygen atoms in total. The molecule has 1 atom stereocenters. The van der Waals surface area contributed by atoms with E-state index in [0.717, 1.165) is 11.3 Å². The summed E-state index contributed by atoms with van der Waals surface area (Å²) in [6.07, 6.45) is 0.436. The summed E-state index contributed by atoms with van der Waals surface area (Å²) in [5.74, 6) is 7.10. The molecule has 0 spiro atoms. The van der Waals surface area contributed by atoms with E-state index in [1.807, 2.05) is 24.3 Å². The van der Waals surface area contributed by atoms with Gasteiger partial charge in [0, 0.05) is 13.5 Å². The van der Waals surface area contributed by atoms with E-state index >= 15 is 0 Å². The van der Waals surface area contributed by atoms with Gasteiger partial charge in [0.1, 0.15) is 12.5 Å². The van der Waals surface area contributed by atoms with E-state index in [1.54, 1.807) is 14.2 Å². The lowest BCUT2D eigenvalue weighted by atomic mass is 10.2. The van der Waals surface area contributed by atoms with Gasteiger partial charge in [-0.3, -0.25) is 0 Å². The Kier molecular flexibility index (Phi) is 10.8. The van der Waals surface area contributed by atoms with Crippen LogP contribution in [0.3, 0.4) is 0 Å². The van der Waals surface area contributed by atoms with Gasteiger partial charge in [-0.25, -0.2) is 0 Å². The van der Waals surface area contributed by atoms with Gasteiger partial charge in [-0.05, 0) is 35.8 Å². The molecule has 158 valence electrons. The number of hydrogen-bond acceptors (Lipinski definition) is 5. The Morgan fingerprint density at radius 3 is 2.29 bits per heavy atom. The summed E-state index contributed by atoms with van der Waals surface area (Å²) in [7, 11) is 1.50. The molecule has 0 aliphatic rings. The monoisotopic (exact) mass is 408 g/mol. The lowest BCUT2D eigenvalue weighted by Crippen LogP contribution is -2.40. The molecule has 0 aliphatic carbocycles. The minimum Gasteiger partial charge on any atom is -0.497 e. The molecule has 1 aromatic rings. The second kappa shape index (κ2) is 12.3. The Labute approximate surface area is 171 Å². The highest BCUT2D eigenvalue weighted by Crippen LogP contribution is 2.36. The highest BCUT2D eigenvalue weighted by Gasteiger charge is 2.36. The van der Waals surface area contributed by atoms with Gasteiger partial charge in [0.2, 0.25) is 0 Å².